The van der Waals surface area contributed by atoms with E-state index in [4.69, 9.17) is 0 Å². The maximum Gasteiger partial charge on any atom is -0.0260 e. The summed E-state index contributed by atoms with van der Waals surface area (Å²) in [5.74, 6) is 0.803. The summed E-state index contributed by atoms with van der Waals surface area (Å²) < 4.78 is 0. The highest BCUT2D eigenvalue weighted by atomic mass is 14.1. The molecule has 1 rings (SSSR count). The van der Waals surface area contributed by atoms with Crippen LogP contribution in [0.2, 0.25) is 0 Å². The summed E-state index contributed by atoms with van der Waals surface area (Å²) in [5, 5.41) is 0. The lowest BCUT2D eigenvalue weighted by Crippen LogP contribution is -1.87. The number of allylic oxidation sites excluding steroid dienone is 2. The summed E-state index contributed by atoms with van der Waals surface area (Å²) in [4.78, 5) is 0. The summed E-state index contributed by atoms with van der Waals surface area (Å²) in [7, 11) is 0. The van der Waals surface area contributed by atoms with E-state index in [-0.39, 0.29) is 0 Å². The molecule has 0 amide bonds. The molecule has 0 aromatic heterocycles. The van der Waals surface area contributed by atoms with Crippen molar-refractivity contribution < 1.29 is 0 Å². The fourth-order valence-electron chi connectivity index (χ4n) is 1.22. The highest BCUT2D eigenvalue weighted by molar-refractivity contribution is 5.09. The smallest absolute Gasteiger partial charge is 0.0260 e. The second-order valence-corrected chi connectivity index (χ2v) is 3.53. The summed E-state index contributed by atoms with van der Waals surface area (Å²) >= 11 is 0. The van der Waals surface area contributed by atoms with Gasteiger partial charge in [-0.2, -0.15) is 0 Å². The second-order valence-electron chi connectivity index (χ2n) is 3.53. The van der Waals surface area contributed by atoms with Crippen LogP contribution in [0, 0.1) is 5.92 Å². The fourth-order valence-corrected chi connectivity index (χ4v) is 1.22. The first-order valence-corrected chi connectivity index (χ1v) is 5.91. The molecule has 0 radical (unpaired) electrons. The number of hydrogen-bond donors (Lipinski definition) is 0. The molecule has 0 aromatic carbocycles. The van der Waals surface area contributed by atoms with Crippen molar-refractivity contribution in [1.82, 2.24) is 0 Å². The minimum Gasteiger partial charge on any atom is -0.0851 e. The molecule has 0 bridgehead atoms. The van der Waals surface area contributed by atoms with Crippen LogP contribution in [-0.2, 0) is 0 Å². The topological polar surface area (TPSA) is 0 Å². The van der Waals surface area contributed by atoms with Gasteiger partial charge in [0, 0.05) is 0 Å². The highest BCUT2D eigenvalue weighted by Crippen LogP contribution is 2.23. The van der Waals surface area contributed by atoms with Crippen molar-refractivity contribution in [3.63, 3.8) is 0 Å². The molecule has 0 heterocycles. The molecule has 0 heteroatoms. The van der Waals surface area contributed by atoms with Gasteiger partial charge in [0.2, 0.25) is 0 Å². The van der Waals surface area contributed by atoms with Gasteiger partial charge in [0.05, 0.1) is 0 Å². The Morgan fingerprint density at radius 2 is 1.69 bits per heavy atom. The molecule has 0 aliphatic heterocycles. The third kappa shape index (κ3) is 9.66. The Bertz CT molecular complexity index is 109. The molecule has 1 aliphatic carbocycles. The Balaban J connectivity index is 0. The van der Waals surface area contributed by atoms with Crippen LogP contribution in [0.3, 0.4) is 0 Å². The zero-order chi connectivity index (χ0) is 10.7. The van der Waals surface area contributed by atoms with Gasteiger partial charge in [-0.15, -0.1) is 0 Å². The van der Waals surface area contributed by atoms with Crippen LogP contribution >= 0.6 is 0 Å². The predicted octanol–water partition coefficient (Wildman–Crippen LogP) is 5.20. The van der Waals surface area contributed by atoms with E-state index in [1.54, 1.807) is 5.57 Å². The van der Waals surface area contributed by atoms with Crippen LogP contribution in [0.1, 0.15) is 67.2 Å². The van der Waals surface area contributed by atoms with E-state index in [1.807, 2.05) is 13.8 Å². The van der Waals surface area contributed by atoms with E-state index in [0.29, 0.717) is 0 Å². The van der Waals surface area contributed by atoms with Gasteiger partial charge in [0.25, 0.3) is 0 Å². The Labute approximate surface area is 85.4 Å². The second kappa shape index (κ2) is 11.7. The van der Waals surface area contributed by atoms with Gasteiger partial charge in [0.1, 0.15) is 0 Å². The van der Waals surface area contributed by atoms with E-state index in [2.05, 4.69) is 33.8 Å². The molecule has 0 nitrogen and oxygen atoms in total. The van der Waals surface area contributed by atoms with E-state index < -0.39 is 0 Å². The van der Waals surface area contributed by atoms with Gasteiger partial charge < -0.3 is 0 Å². The van der Waals surface area contributed by atoms with Crippen molar-refractivity contribution in [2.45, 2.75) is 67.2 Å². The van der Waals surface area contributed by atoms with E-state index >= 15 is 0 Å². The Morgan fingerprint density at radius 1 is 1.23 bits per heavy atom. The molecule has 0 saturated carbocycles. The minimum atomic E-state index is 0.803. The third-order valence-electron chi connectivity index (χ3n) is 1.82. The van der Waals surface area contributed by atoms with Crippen LogP contribution in [-0.4, -0.2) is 0 Å². The standard InChI is InChI=1S/C8H14.C3H8.C2H6/c1-7(2)8-5-3-4-6-8;1-3-2;1-2/h5,7H,3-4,6H2,1-2H3;3H2,1-2H3;1-2H3. The summed E-state index contributed by atoms with van der Waals surface area (Å²) in [5.41, 5.74) is 1.67. The first-order valence-electron chi connectivity index (χ1n) is 5.91. The zero-order valence-corrected chi connectivity index (χ0v) is 10.5. The molecule has 0 fully saturated rings. The van der Waals surface area contributed by atoms with E-state index in [0.717, 1.165) is 5.92 Å². The summed E-state index contributed by atoms with van der Waals surface area (Å²) in [6, 6.07) is 0. The summed E-state index contributed by atoms with van der Waals surface area (Å²) in [6.07, 6.45) is 7.73. The maximum absolute atomic E-state index is 2.39. The lowest BCUT2D eigenvalue weighted by atomic mass is 10.0. The van der Waals surface area contributed by atoms with Gasteiger partial charge >= 0.3 is 0 Å². The van der Waals surface area contributed by atoms with E-state index in [9.17, 15) is 0 Å². The van der Waals surface area contributed by atoms with E-state index in [1.165, 1.54) is 25.7 Å². The Morgan fingerprint density at radius 3 is 1.85 bits per heavy atom. The van der Waals surface area contributed by atoms with Crippen molar-refractivity contribution in [3.05, 3.63) is 11.6 Å². The first-order chi connectivity index (χ1) is 6.22. The number of rotatable bonds is 1. The predicted molar refractivity (Wildman–Crippen MR) is 64.1 cm³/mol. The molecule has 0 unspecified atom stereocenters. The van der Waals surface area contributed by atoms with Gasteiger partial charge in [-0.1, -0.05) is 59.6 Å². The largest absolute Gasteiger partial charge is 0.0851 e. The van der Waals surface area contributed by atoms with Gasteiger partial charge in [-0.25, -0.2) is 0 Å². The Kier molecular flexibility index (Phi) is 13.7. The van der Waals surface area contributed by atoms with Crippen molar-refractivity contribution in [1.29, 1.82) is 0 Å². The average Bonchev–Trinajstić information content (AvgIpc) is 2.61. The first kappa shape index (κ1) is 15.2. The lowest BCUT2D eigenvalue weighted by Gasteiger charge is -2.02. The van der Waals surface area contributed by atoms with Crippen molar-refractivity contribution in [3.8, 4) is 0 Å². The Hall–Kier alpha value is -0.260. The normalized spacial score (nSPS) is 13.9. The SMILES string of the molecule is CC.CC(C)C1=CCCC1.CCC. The average molecular weight is 184 g/mol. The molecule has 0 atom stereocenters. The van der Waals surface area contributed by atoms with Crippen LogP contribution in [0.25, 0.3) is 0 Å². The maximum atomic E-state index is 2.39. The third-order valence-corrected chi connectivity index (χ3v) is 1.82. The molecule has 0 N–H and O–H groups in total. The molecule has 0 spiro atoms. The van der Waals surface area contributed by atoms with Crippen molar-refractivity contribution >= 4 is 0 Å². The summed E-state index contributed by atoms with van der Waals surface area (Å²) in [6.45, 7) is 12.8. The van der Waals surface area contributed by atoms with Crippen LogP contribution < -0.4 is 0 Å². The quantitative estimate of drug-likeness (QED) is 0.492. The van der Waals surface area contributed by atoms with Crippen molar-refractivity contribution in [2.75, 3.05) is 0 Å². The van der Waals surface area contributed by atoms with Gasteiger partial charge in [0.15, 0.2) is 0 Å². The number of hydrogen-bond acceptors (Lipinski definition) is 0. The van der Waals surface area contributed by atoms with Gasteiger partial charge in [-0.05, 0) is 25.2 Å². The van der Waals surface area contributed by atoms with Crippen molar-refractivity contribution in [2.24, 2.45) is 5.92 Å². The van der Waals surface area contributed by atoms with Crippen LogP contribution in [0.5, 0.6) is 0 Å². The molecule has 0 aromatic rings. The molecule has 13 heavy (non-hydrogen) atoms. The molecule has 0 saturated heterocycles. The zero-order valence-electron chi connectivity index (χ0n) is 10.5. The minimum absolute atomic E-state index is 0.803. The molecular weight excluding hydrogens is 156 g/mol. The fraction of sp³-hybridized carbons (Fsp3) is 0.846. The van der Waals surface area contributed by atoms with Gasteiger partial charge in [-0.3, -0.25) is 0 Å². The highest BCUT2D eigenvalue weighted by Gasteiger charge is 2.06. The molecule has 1 aliphatic rings. The monoisotopic (exact) mass is 184 g/mol. The molecular formula is C13H28. The lowest BCUT2D eigenvalue weighted by molar-refractivity contribution is 0.726. The van der Waals surface area contributed by atoms with Crippen LogP contribution in [0.4, 0.5) is 0 Å². The van der Waals surface area contributed by atoms with Crippen LogP contribution in [0.15, 0.2) is 11.6 Å². The molecule has 80 valence electrons.